The molecule has 0 radical (unpaired) electrons. The van der Waals surface area contributed by atoms with Crippen molar-refractivity contribution in [3.63, 3.8) is 0 Å². The van der Waals surface area contributed by atoms with Gasteiger partial charge in [-0.05, 0) is 19.8 Å². The summed E-state index contributed by atoms with van der Waals surface area (Å²) in [5.41, 5.74) is -1.20. The van der Waals surface area contributed by atoms with Crippen molar-refractivity contribution in [2.45, 2.75) is 26.7 Å². The molecule has 4 heteroatoms. The lowest BCUT2D eigenvalue weighted by atomic mass is 9.81. The van der Waals surface area contributed by atoms with Crippen LogP contribution in [-0.2, 0) is 19.1 Å². The molecule has 86 valence electrons. The van der Waals surface area contributed by atoms with Gasteiger partial charge >= 0.3 is 11.9 Å². The van der Waals surface area contributed by atoms with E-state index in [9.17, 15) is 9.59 Å². The molecule has 0 aromatic carbocycles. The van der Waals surface area contributed by atoms with Crippen molar-refractivity contribution in [2.24, 2.45) is 5.41 Å². The van der Waals surface area contributed by atoms with Crippen LogP contribution in [0, 0.1) is 5.41 Å². The maximum atomic E-state index is 11.6. The van der Waals surface area contributed by atoms with Crippen LogP contribution in [0.4, 0.5) is 0 Å². The Hall–Kier alpha value is -1.32. The Morgan fingerprint density at radius 1 is 1.20 bits per heavy atom. The van der Waals surface area contributed by atoms with Crippen LogP contribution >= 0.6 is 0 Å². The summed E-state index contributed by atoms with van der Waals surface area (Å²) >= 11 is 0. The van der Waals surface area contributed by atoms with Crippen molar-refractivity contribution in [2.75, 3.05) is 14.2 Å². The maximum absolute atomic E-state index is 11.6. The highest BCUT2D eigenvalue weighted by molar-refractivity contribution is 6.00. The number of rotatable bonds is 5. The minimum absolute atomic E-state index is 0.305. The van der Waals surface area contributed by atoms with E-state index in [1.807, 2.05) is 6.92 Å². The first-order chi connectivity index (χ1) is 7.08. The molecule has 4 nitrogen and oxygen atoms in total. The summed E-state index contributed by atoms with van der Waals surface area (Å²) in [5.74, 6) is -1.09. The van der Waals surface area contributed by atoms with Crippen molar-refractivity contribution in [1.29, 1.82) is 0 Å². The van der Waals surface area contributed by atoms with Gasteiger partial charge in [-0.2, -0.15) is 0 Å². The number of esters is 2. The zero-order chi connectivity index (χ0) is 11.9. The fraction of sp³-hybridized carbons (Fsp3) is 0.636. The summed E-state index contributed by atoms with van der Waals surface area (Å²) < 4.78 is 9.31. The molecule has 0 rings (SSSR count). The molecule has 0 bridgehead atoms. The van der Waals surface area contributed by atoms with Gasteiger partial charge in [-0.15, -0.1) is 0 Å². The molecular weight excluding hydrogens is 196 g/mol. The SMILES string of the molecule is CC=CCC(CC)(C(=O)OC)C(=O)OC. The normalized spacial score (nSPS) is 11.5. The standard InChI is InChI=1S/C11H18O4/c1-5-7-8-11(6-2,9(12)14-3)10(13)15-4/h5,7H,6,8H2,1-4H3. The van der Waals surface area contributed by atoms with E-state index >= 15 is 0 Å². The Morgan fingerprint density at radius 2 is 1.67 bits per heavy atom. The zero-order valence-electron chi connectivity index (χ0n) is 9.70. The van der Waals surface area contributed by atoms with Gasteiger partial charge in [-0.1, -0.05) is 19.1 Å². The van der Waals surface area contributed by atoms with Gasteiger partial charge in [0.2, 0.25) is 0 Å². The molecule has 0 aliphatic carbocycles. The van der Waals surface area contributed by atoms with Crippen LogP contribution in [0.15, 0.2) is 12.2 Å². The number of hydrogen-bond acceptors (Lipinski definition) is 4. The Morgan fingerprint density at radius 3 is 1.93 bits per heavy atom. The maximum Gasteiger partial charge on any atom is 0.323 e. The number of carbonyl (C=O) groups is 2. The summed E-state index contributed by atoms with van der Waals surface area (Å²) in [4.78, 5) is 23.2. The smallest absolute Gasteiger partial charge is 0.323 e. The third-order valence-electron chi connectivity index (χ3n) is 2.46. The lowest BCUT2D eigenvalue weighted by Gasteiger charge is -2.25. The van der Waals surface area contributed by atoms with Crippen molar-refractivity contribution < 1.29 is 19.1 Å². The molecule has 0 aliphatic rings. The molecule has 0 aromatic heterocycles. The van der Waals surface area contributed by atoms with Gasteiger partial charge in [0.05, 0.1) is 14.2 Å². The number of methoxy groups -OCH3 is 2. The predicted molar refractivity (Wildman–Crippen MR) is 56.2 cm³/mol. The minimum atomic E-state index is -1.20. The number of carbonyl (C=O) groups excluding carboxylic acids is 2. The number of hydrogen-bond donors (Lipinski definition) is 0. The van der Waals surface area contributed by atoms with E-state index in [4.69, 9.17) is 0 Å². The van der Waals surface area contributed by atoms with Crippen LogP contribution in [0.5, 0.6) is 0 Å². The van der Waals surface area contributed by atoms with Crippen LogP contribution < -0.4 is 0 Å². The van der Waals surface area contributed by atoms with Gasteiger partial charge in [0.15, 0.2) is 5.41 Å². The number of ether oxygens (including phenoxy) is 2. The van der Waals surface area contributed by atoms with E-state index in [2.05, 4.69) is 9.47 Å². The number of allylic oxidation sites excluding steroid dienone is 2. The van der Waals surface area contributed by atoms with Crippen LogP contribution in [-0.4, -0.2) is 26.2 Å². The Labute approximate surface area is 90.2 Å². The van der Waals surface area contributed by atoms with Crippen molar-refractivity contribution in [1.82, 2.24) is 0 Å². The van der Waals surface area contributed by atoms with Gasteiger partial charge < -0.3 is 9.47 Å². The Bertz CT molecular complexity index is 239. The van der Waals surface area contributed by atoms with E-state index in [0.29, 0.717) is 12.8 Å². The van der Waals surface area contributed by atoms with E-state index in [0.717, 1.165) is 0 Å². The summed E-state index contributed by atoms with van der Waals surface area (Å²) in [6.07, 6.45) is 4.21. The van der Waals surface area contributed by atoms with Crippen LogP contribution in [0.1, 0.15) is 26.7 Å². The second-order valence-corrected chi connectivity index (χ2v) is 3.19. The van der Waals surface area contributed by atoms with E-state index in [1.54, 1.807) is 19.1 Å². The molecule has 0 spiro atoms. The van der Waals surface area contributed by atoms with Gasteiger partial charge in [0.1, 0.15) is 0 Å². The average molecular weight is 214 g/mol. The van der Waals surface area contributed by atoms with Gasteiger partial charge in [0.25, 0.3) is 0 Å². The molecule has 0 unspecified atom stereocenters. The molecule has 15 heavy (non-hydrogen) atoms. The summed E-state index contributed by atoms with van der Waals surface area (Å²) in [5, 5.41) is 0. The minimum Gasteiger partial charge on any atom is -0.468 e. The fourth-order valence-electron chi connectivity index (χ4n) is 1.39. The summed E-state index contributed by atoms with van der Waals surface area (Å²) in [6.45, 7) is 3.59. The lowest BCUT2D eigenvalue weighted by molar-refractivity contribution is -0.169. The van der Waals surface area contributed by atoms with Gasteiger partial charge in [-0.25, -0.2) is 0 Å². The second-order valence-electron chi connectivity index (χ2n) is 3.19. The third-order valence-corrected chi connectivity index (χ3v) is 2.46. The lowest BCUT2D eigenvalue weighted by Crippen LogP contribution is -2.40. The molecule has 0 heterocycles. The molecule has 0 saturated carbocycles. The van der Waals surface area contributed by atoms with E-state index < -0.39 is 17.4 Å². The highest BCUT2D eigenvalue weighted by atomic mass is 16.5. The predicted octanol–water partition coefficient (Wildman–Crippen LogP) is 1.70. The first kappa shape index (κ1) is 13.7. The highest BCUT2D eigenvalue weighted by Crippen LogP contribution is 2.30. The molecule has 0 saturated heterocycles. The van der Waals surface area contributed by atoms with Crippen molar-refractivity contribution in [3.8, 4) is 0 Å². The van der Waals surface area contributed by atoms with E-state index in [-0.39, 0.29) is 0 Å². The third kappa shape index (κ3) is 2.81. The first-order valence-corrected chi connectivity index (χ1v) is 4.87. The molecule has 0 aromatic rings. The zero-order valence-corrected chi connectivity index (χ0v) is 9.70. The monoisotopic (exact) mass is 214 g/mol. The second kappa shape index (κ2) is 6.22. The van der Waals surface area contributed by atoms with Gasteiger partial charge in [0, 0.05) is 0 Å². The Balaban J connectivity index is 5.09. The van der Waals surface area contributed by atoms with Crippen LogP contribution in [0.2, 0.25) is 0 Å². The van der Waals surface area contributed by atoms with Crippen LogP contribution in [0.25, 0.3) is 0 Å². The molecule has 0 aliphatic heterocycles. The quantitative estimate of drug-likeness (QED) is 0.397. The van der Waals surface area contributed by atoms with Crippen molar-refractivity contribution in [3.05, 3.63) is 12.2 Å². The largest absolute Gasteiger partial charge is 0.468 e. The Kier molecular flexibility index (Phi) is 5.67. The average Bonchev–Trinajstić information content (AvgIpc) is 2.29. The van der Waals surface area contributed by atoms with Crippen molar-refractivity contribution >= 4 is 11.9 Å². The van der Waals surface area contributed by atoms with Crippen LogP contribution in [0.3, 0.4) is 0 Å². The first-order valence-electron chi connectivity index (χ1n) is 4.87. The molecule has 0 amide bonds. The molecular formula is C11H18O4. The topological polar surface area (TPSA) is 52.6 Å². The highest BCUT2D eigenvalue weighted by Gasteiger charge is 2.45. The summed E-state index contributed by atoms with van der Waals surface area (Å²) in [6, 6.07) is 0. The van der Waals surface area contributed by atoms with E-state index in [1.165, 1.54) is 14.2 Å². The van der Waals surface area contributed by atoms with Gasteiger partial charge in [-0.3, -0.25) is 9.59 Å². The molecule has 0 N–H and O–H groups in total. The molecule has 0 fully saturated rings. The fourth-order valence-corrected chi connectivity index (χ4v) is 1.39. The molecule has 0 atom stereocenters. The summed E-state index contributed by atoms with van der Waals surface area (Å²) in [7, 11) is 2.54.